The lowest BCUT2D eigenvalue weighted by Gasteiger charge is -2.38. The molecule has 1 unspecified atom stereocenters. The highest BCUT2D eigenvalue weighted by Crippen LogP contribution is 2.38. The maximum atomic E-state index is 5.34. The molecule has 0 bridgehead atoms. The fourth-order valence-electron chi connectivity index (χ4n) is 2.65. The molecule has 2 heteroatoms. The van der Waals surface area contributed by atoms with Gasteiger partial charge in [0.05, 0.1) is 13.2 Å². The molecule has 0 amide bonds. The minimum Gasteiger partial charge on any atom is -0.380 e. The molecule has 2 aliphatic heterocycles. The molecule has 14 heavy (non-hydrogen) atoms. The van der Waals surface area contributed by atoms with E-state index in [1.165, 1.54) is 38.8 Å². The molecule has 2 heterocycles. The van der Waals surface area contributed by atoms with Gasteiger partial charge in [-0.25, -0.2) is 0 Å². The second kappa shape index (κ2) is 4.19. The highest BCUT2D eigenvalue weighted by molar-refractivity contribution is 4.95. The van der Waals surface area contributed by atoms with Gasteiger partial charge in [-0.05, 0) is 26.3 Å². The highest BCUT2D eigenvalue weighted by Gasteiger charge is 2.45. The summed E-state index contributed by atoms with van der Waals surface area (Å²) in [4.78, 5) is 2.66. The smallest absolute Gasteiger partial charge is 0.0557 e. The van der Waals surface area contributed by atoms with Gasteiger partial charge in [-0.3, -0.25) is 4.90 Å². The summed E-state index contributed by atoms with van der Waals surface area (Å²) in [5.41, 5.74) is 0.570. The maximum absolute atomic E-state index is 5.34. The fraction of sp³-hybridized carbons (Fsp3) is 1.00. The van der Waals surface area contributed by atoms with Crippen molar-refractivity contribution < 1.29 is 4.74 Å². The van der Waals surface area contributed by atoms with Crippen molar-refractivity contribution in [3.63, 3.8) is 0 Å². The lowest BCUT2D eigenvalue weighted by molar-refractivity contribution is -0.106. The quantitative estimate of drug-likeness (QED) is 0.685. The Kier molecular flexibility index (Phi) is 3.13. The number of rotatable bonds is 4. The summed E-state index contributed by atoms with van der Waals surface area (Å²) < 4.78 is 5.34. The van der Waals surface area contributed by atoms with E-state index in [9.17, 15) is 0 Å². The van der Waals surface area contributed by atoms with E-state index < -0.39 is 0 Å². The van der Waals surface area contributed by atoms with Gasteiger partial charge >= 0.3 is 0 Å². The number of hydrogen-bond acceptors (Lipinski definition) is 2. The Morgan fingerprint density at radius 2 is 2.21 bits per heavy atom. The molecule has 0 saturated carbocycles. The molecule has 0 N–H and O–H groups in total. The predicted octanol–water partition coefficient (Wildman–Crippen LogP) is 2.29. The average molecular weight is 197 g/mol. The molecule has 2 aliphatic rings. The van der Waals surface area contributed by atoms with E-state index in [0.29, 0.717) is 5.41 Å². The zero-order valence-electron chi connectivity index (χ0n) is 9.59. The fourth-order valence-corrected chi connectivity index (χ4v) is 2.65. The van der Waals surface area contributed by atoms with Crippen LogP contribution in [0.15, 0.2) is 0 Å². The van der Waals surface area contributed by atoms with Gasteiger partial charge in [0, 0.05) is 18.0 Å². The van der Waals surface area contributed by atoms with Gasteiger partial charge in [0.25, 0.3) is 0 Å². The third-order valence-corrected chi connectivity index (χ3v) is 3.88. The second-order valence-electron chi connectivity index (χ2n) is 5.20. The van der Waals surface area contributed by atoms with E-state index >= 15 is 0 Å². The Hall–Kier alpha value is -0.0800. The molecule has 2 saturated heterocycles. The van der Waals surface area contributed by atoms with Crippen molar-refractivity contribution in [2.75, 3.05) is 26.3 Å². The summed E-state index contributed by atoms with van der Waals surface area (Å²) in [7, 11) is 0. The van der Waals surface area contributed by atoms with Crippen LogP contribution in [0.2, 0.25) is 0 Å². The van der Waals surface area contributed by atoms with E-state index in [1.54, 1.807) is 0 Å². The summed E-state index contributed by atoms with van der Waals surface area (Å²) >= 11 is 0. The first-order chi connectivity index (χ1) is 6.76. The van der Waals surface area contributed by atoms with Crippen molar-refractivity contribution in [2.24, 2.45) is 5.41 Å². The molecule has 2 nitrogen and oxygen atoms in total. The molecule has 2 fully saturated rings. The Morgan fingerprint density at radius 3 is 2.71 bits per heavy atom. The van der Waals surface area contributed by atoms with Crippen LogP contribution in [0, 0.1) is 5.41 Å². The molecular formula is C12H23NO. The first-order valence-corrected chi connectivity index (χ1v) is 6.07. The van der Waals surface area contributed by atoms with Crippen molar-refractivity contribution in [3.05, 3.63) is 0 Å². The topological polar surface area (TPSA) is 12.5 Å². The summed E-state index contributed by atoms with van der Waals surface area (Å²) in [6.45, 7) is 9.28. The first kappa shape index (κ1) is 10.4. The lowest BCUT2D eigenvalue weighted by Crippen LogP contribution is -2.45. The first-order valence-electron chi connectivity index (χ1n) is 6.07. The van der Waals surface area contributed by atoms with Gasteiger partial charge in [0.2, 0.25) is 0 Å². The zero-order valence-corrected chi connectivity index (χ0v) is 9.59. The number of hydrogen-bond donors (Lipinski definition) is 0. The monoisotopic (exact) mass is 197 g/mol. The number of unbranched alkanes of at least 4 members (excludes halogenated alkanes) is 1. The van der Waals surface area contributed by atoms with Gasteiger partial charge in [0.15, 0.2) is 0 Å². The normalized spacial score (nSPS) is 27.9. The largest absolute Gasteiger partial charge is 0.380 e. The van der Waals surface area contributed by atoms with Crippen molar-refractivity contribution >= 4 is 0 Å². The van der Waals surface area contributed by atoms with Gasteiger partial charge in [-0.2, -0.15) is 0 Å². The van der Waals surface area contributed by atoms with E-state index in [0.717, 1.165) is 19.3 Å². The zero-order chi connectivity index (χ0) is 10.0. The summed E-state index contributed by atoms with van der Waals surface area (Å²) in [5, 5.41) is 0. The molecular weight excluding hydrogens is 174 g/mol. The molecule has 82 valence electrons. The van der Waals surface area contributed by atoms with E-state index in [4.69, 9.17) is 4.74 Å². The van der Waals surface area contributed by atoms with E-state index in [-0.39, 0.29) is 0 Å². The predicted molar refractivity (Wildman–Crippen MR) is 58.4 cm³/mol. The van der Waals surface area contributed by atoms with Gasteiger partial charge in [-0.15, -0.1) is 0 Å². The van der Waals surface area contributed by atoms with Crippen LogP contribution in [0.1, 0.15) is 39.5 Å². The Balaban J connectivity index is 1.76. The highest BCUT2D eigenvalue weighted by atomic mass is 16.5. The Morgan fingerprint density at radius 1 is 1.43 bits per heavy atom. The van der Waals surface area contributed by atoms with E-state index in [2.05, 4.69) is 18.7 Å². The van der Waals surface area contributed by atoms with E-state index in [1.807, 2.05) is 0 Å². The molecule has 1 atom stereocenters. The van der Waals surface area contributed by atoms with Crippen molar-refractivity contribution in [3.8, 4) is 0 Å². The third-order valence-electron chi connectivity index (χ3n) is 3.88. The Bertz CT molecular complexity index is 189. The molecule has 0 aromatic heterocycles. The summed E-state index contributed by atoms with van der Waals surface area (Å²) in [5.74, 6) is 0. The molecule has 0 aliphatic carbocycles. The molecule has 1 spiro atoms. The standard InChI is InChI=1S/C12H23NO/c1-3-4-5-11(2)13-7-6-12(8-13)9-14-10-12/h11H,3-10H2,1-2H3. The SMILES string of the molecule is CCCCC(C)N1CCC2(COC2)C1. The lowest BCUT2D eigenvalue weighted by atomic mass is 9.85. The van der Waals surface area contributed by atoms with Crippen LogP contribution in [0.5, 0.6) is 0 Å². The van der Waals surface area contributed by atoms with Crippen LogP contribution in [0.4, 0.5) is 0 Å². The molecule has 0 radical (unpaired) electrons. The van der Waals surface area contributed by atoms with Gasteiger partial charge in [0.1, 0.15) is 0 Å². The second-order valence-corrected chi connectivity index (χ2v) is 5.20. The summed E-state index contributed by atoms with van der Waals surface area (Å²) in [6.07, 6.45) is 5.44. The van der Waals surface area contributed by atoms with Crippen LogP contribution in [-0.4, -0.2) is 37.2 Å². The van der Waals surface area contributed by atoms with Crippen LogP contribution >= 0.6 is 0 Å². The number of nitrogens with zero attached hydrogens (tertiary/aromatic N) is 1. The van der Waals surface area contributed by atoms with Gasteiger partial charge in [-0.1, -0.05) is 19.8 Å². The van der Waals surface area contributed by atoms with Crippen LogP contribution in [0.25, 0.3) is 0 Å². The van der Waals surface area contributed by atoms with Crippen molar-refractivity contribution in [2.45, 2.75) is 45.6 Å². The number of ether oxygens (including phenoxy) is 1. The van der Waals surface area contributed by atoms with Gasteiger partial charge < -0.3 is 4.74 Å². The van der Waals surface area contributed by atoms with Crippen LogP contribution in [-0.2, 0) is 4.74 Å². The number of likely N-dealkylation sites (tertiary alicyclic amines) is 1. The van der Waals surface area contributed by atoms with Crippen LogP contribution in [0.3, 0.4) is 0 Å². The summed E-state index contributed by atoms with van der Waals surface area (Å²) in [6, 6.07) is 0.787. The minimum absolute atomic E-state index is 0.570. The van der Waals surface area contributed by atoms with Crippen molar-refractivity contribution in [1.29, 1.82) is 0 Å². The molecule has 2 rings (SSSR count). The minimum atomic E-state index is 0.570. The van der Waals surface area contributed by atoms with Crippen LogP contribution < -0.4 is 0 Å². The third kappa shape index (κ3) is 1.96. The average Bonchev–Trinajstić information content (AvgIpc) is 2.58. The molecule has 0 aromatic carbocycles. The molecule has 0 aromatic rings. The Labute approximate surface area is 87.6 Å². The maximum Gasteiger partial charge on any atom is 0.0557 e. The van der Waals surface area contributed by atoms with Crippen molar-refractivity contribution in [1.82, 2.24) is 4.90 Å².